The van der Waals surface area contributed by atoms with E-state index in [2.05, 4.69) is 65.6 Å². The zero-order valence-corrected chi connectivity index (χ0v) is 11.8. The van der Waals surface area contributed by atoms with Crippen molar-refractivity contribution in [1.82, 2.24) is 4.90 Å². The topological polar surface area (TPSA) is 3.24 Å². The molecule has 2 atom stereocenters. The van der Waals surface area contributed by atoms with Gasteiger partial charge in [0.25, 0.3) is 0 Å². The van der Waals surface area contributed by atoms with E-state index in [1.165, 1.54) is 36.8 Å². The normalized spacial score (nSPS) is 25.4. The maximum Gasteiger partial charge on any atom is 0.0606 e. The molecule has 0 N–H and O–H groups in total. The highest BCUT2D eigenvalue weighted by Crippen LogP contribution is 2.46. The Kier molecular flexibility index (Phi) is 3.08. The van der Waals surface area contributed by atoms with E-state index in [0.717, 1.165) is 12.1 Å². The average Bonchev–Trinajstić information content (AvgIpc) is 2.54. The average molecular weight is 263 g/mol. The van der Waals surface area contributed by atoms with Gasteiger partial charge in [0.05, 0.1) is 6.04 Å². The van der Waals surface area contributed by atoms with Gasteiger partial charge in [0.15, 0.2) is 0 Å². The minimum absolute atomic E-state index is 0.446. The van der Waals surface area contributed by atoms with E-state index in [1.54, 1.807) is 0 Å². The molecule has 2 aromatic rings. The van der Waals surface area contributed by atoms with E-state index >= 15 is 0 Å². The zero-order valence-electron chi connectivity index (χ0n) is 11.8. The second-order valence-electron chi connectivity index (χ2n) is 6.15. The molecule has 2 fully saturated rings. The molecule has 0 aromatic heterocycles. The van der Waals surface area contributed by atoms with E-state index in [1.807, 2.05) is 0 Å². The van der Waals surface area contributed by atoms with Crippen LogP contribution in [0.4, 0.5) is 0 Å². The van der Waals surface area contributed by atoms with Crippen LogP contribution in [0.3, 0.4) is 0 Å². The highest BCUT2D eigenvalue weighted by molar-refractivity contribution is 5.33. The number of hydrogen-bond donors (Lipinski definition) is 0. The quantitative estimate of drug-likeness (QED) is 0.793. The van der Waals surface area contributed by atoms with Gasteiger partial charge >= 0.3 is 0 Å². The number of rotatable bonds is 3. The van der Waals surface area contributed by atoms with E-state index in [0.29, 0.717) is 6.04 Å². The van der Waals surface area contributed by atoms with Crippen LogP contribution in [0.25, 0.3) is 0 Å². The molecule has 2 aliphatic rings. The molecule has 2 saturated heterocycles. The molecule has 1 nitrogen and oxygen atoms in total. The minimum atomic E-state index is 0.446. The molecule has 0 radical (unpaired) electrons. The highest BCUT2D eigenvalue weighted by Gasteiger charge is 2.45. The molecule has 2 bridgehead atoms. The maximum absolute atomic E-state index is 2.77. The lowest BCUT2D eigenvalue weighted by Gasteiger charge is -2.56. The first-order valence-electron chi connectivity index (χ1n) is 7.81. The summed E-state index contributed by atoms with van der Waals surface area (Å²) in [6.07, 6.45) is 5.59. The van der Waals surface area contributed by atoms with E-state index in [9.17, 15) is 0 Å². The summed E-state index contributed by atoms with van der Waals surface area (Å²) in [5.41, 5.74) is 2.88. The molecule has 2 aliphatic heterocycles. The van der Waals surface area contributed by atoms with Crippen molar-refractivity contribution in [2.45, 2.75) is 43.8 Å². The first kappa shape index (κ1) is 12.2. The van der Waals surface area contributed by atoms with E-state index in [-0.39, 0.29) is 0 Å². The van der Waals surface area contributed by atoms with Gasteiger partial charge < -0.3 is 0 Å². The minimum Gasteiger partial charge on any atom is -0.286 e. The molecule has 0 amide bonds. The lowest BCUT2D eigenvalue weighted by atomic mass is 9.76. The summed E-state index contributed by atoms with van der Waals surface area (Å²) in [6, 6.07) is 24.1. The van der Waals surface area contributed by atoms with Crippen molar-refractivity contribution in [3.63, 3.8) is 0 Å². The molecule has 20 heavy (non-hydrogen) atoms. The standard InChI is InChI=1S/C19H21N/c1-3-8-15(9-4-1)19(16-10-5-2-6-11-16)20-17-12-7-13-18(20)14-17/h1-6,8-11,17-19H,7,12-14H2. The van der Waals surface area contributed by atoms with Crippen LogP contribution in [0, 0.1) is 0 Å². The molecular formula is C19H21N. The third kappa shape index (κ3) is 1.97. The highest BCUT2D eigenvalue weighted by atomic mass is 15.3. The van der Waals surface area contributed by atoms with Crippen LogP contribution in [0.1, 0.15) is 42.9 Å². The molecule has 4 rings (SSSR count). The maximum atomic E-state index is 2.77. The Hall–Kier alpha value is -1.60. The summed E-state index contributed by atoms with van der Waals surface area (Å²) in [5.74, 6) is 0. The summed E-state index contributed by atoms with van der Waals surface area (Å²) >= 11 is 0. The van der Waals surface area contributed by atoms with Crippen molar-refractivity contribution in [2.75, 3.05) is 0 Å². The van der Waals surface area contributed by atoms with Crippen LogP contribution in [0.15, 0.2) is 60.7 Å². The number of benzene rings is 2. The zero-order chi connectivity index (χ0) is 13.4. The van der Waals surface area contributed by atoms with Crippen molar-refractivity contribution < 1.29 is 0 Å². The Morgan fingerprint density at radius 3 is 1.70 bits per heavy atom. The van der Waals surface area contributed by atoms with Crippen molar-refractivity contribution in [1.29, 1.82) is 0 Å². The molecule has 1 heteroatoms. The first-order valence-corrected chi connectivity index (χ1v) is 7.81. The number of hydrogen-bond acceptors (Lipinski definition) is 1. The molecule has 0 spiro atoms. The van der Waals surface area contributed by atoms with Crippen LogP contribution >= 0.6 is 0 Å². The van der Waals surface area contributed by atoms with Gasteiger partial charge in [-0.2, -0.15) is 0 Å². The second kappa shape index (κ2) is 5.06. The molecule has 0 saturated carbocycles. The van der Waals surface area contributed by atoms with Gasteiger partial charge in [-0.25, -0.2) is 0 Å². The fourth-order valence-corrected chi connectivity index (χ4v) is 4.07. The van der Waals surface area contributed by atoms with Crippen LogP contribution in [0.5, 0.6) is 0 Å². The molecule has 2 heterocycles. The Morgan fingerprint density at radius 1 is 0.750 bits per heavy atom. The predicted molar refractivity (Wildman–Crippen MR) is 82.6 cm³/mol. The predicted octanol–water partition coefficient (Wildman–Crippen LogP) is 4.40. The Labute approximate surface area is 121 Å². The third-order valence-corrected chi connectivity index (χ3v) is 4.99. The Bertz CT molecular complexity index is 509. The summed E-state index contributed by atoms with van der Waals surface area (Å²) in [4.78, 5) is 2.77. The summed E-state index contributed by atoms with van der Waals surface area (Å²) in [6.45, 7) is 0. The van der Waals surface area contributed by atoms with Crippen LogP contribution in [-0.2, 0) is 0 Å². The monoisotopic (exact) mass is 263 g/mol. The summed E-state index contributed by atoms with van der Waals surface area (Å²) in [5, 5.41) is 0. The molecular weight excluding hydrogens is 242 g/mol. The van der Waals surface area contributed by atoms with Crippen LogP contribution in [-0.4, -0.2) is 17.0 Å². The molecule has 2 aromatic carbocycles. The van der Waals surface area contributed by atoms with Gasteiger partial charge in [-0.1, -0.05) is 67.1 Å². The van der Waals surface area contributed by atoms with Gasteiger partial charge in [-0.3, -0.25) is 4.90 Å². The van der Waals surface area contributed by atoms with Crippen LogP contribution < -0.4 is 0 Å². The van der Waals surface area contributed by atoms with Crippen molar-refractivity contribution in [2.24, 2.45) is 0 Å². The Morgan fingerprint density at radius 2 is 1.25 bits per heavy atom. The van der Waals surface area contributed by atoms with E-state index in [4.69, 9.17) is 0 Å². The number of piperidine rings is 1. The van der Waals surface area contributed by atoms with Gasteiger partial charge in [-0.15, -0.1) is 0 Å². The third-order valence-electron chi connectivity index (χ3n) is 4.99. The van der Waals surface area contributed by atoms with Crippen molar-refractivity contribution in [3.8, 4) is 0 Å². The SMILES string of the molecule is c1ccc(C(c2ccccc2)N2C3CCCC2C3)cc1. The number of fused-ring (bicyclic) bond motifs is 2. The van der Waals surface area contributed by atoms with Gasteiger partial charge in [0.1, 0.15) is 0 Å². The first-order chi connectivity index (χ1) is 9.93. The molecule has 102 valence electrons. The molecule has 2 unspecified atom stereocenters. The van der Waals surface area contributed by atoms with Gasteiger partial charge in [-0.05, 0) is 30.4 Å². The van der Waals surface area contributed by atoms with Crippen LogP contribution in [0.2, 0.25) is 0 Å². The second-order valence-corrected chi connectivity index (χ2v) is 6.15. The lowest BCUT2D eigenvalue weighted by molar-refractivity contribution is -0.0514. The Balaban J connectivity index is 1.74. The van der Waals surface area contributed by atoms with Crippen molar-refractivity contribution >= 4 is 0 Å². The fraction of sp³-hybridized carbons (Fsp3) is 0.368. The molecule has 0 aliphatic carbocycles. The summed E-state index contributed by atoms with van der Waals surface area (Å²) in [7, 11) is 0. The fourth-order valence-electron chi connectivity index (χ4n) is 4.07. The largest absolute Gasteiger partial charge is 0.286 e. The lowest BCUT2D eigenvalue weighted by Crippen LogP contribution is -2.59. The van der Waals surface area contributed by atoms with E-state index < -0.39 is 0 Å². The number of nitrogens with zero attached hydrogens (tertiary/aromatic N) is 1. The summed E-state index contributed by atoms with van der Waals surface area (Å²) < 4.78 is 0. The van der Waals surface area contributed by atoms with Gasteiger partial charge in [0.2, 0.25) is 0 Å². The van der Waals surface area contributed by atoms with Gasteiger partial charge in [0, 0.05) is 12.1 Å². The smallest absolute Gasteiger partial charge is 0.0606 e. The van der Waals surface area contributed by atoms with Crippen molar-refractivity contribution in [3.05, 3.63) is 71.8 Å².